The lowest BCUT2D eigenvalue weighted by Crippen LogP contribution is -2.42. The first-order valence-electron chi connectivity index (χ1n) is 9.70. The van der Waals surface area contributed by atoms with Crippen molar-refractivity contribution in [1.29, 1.82) is 0 Å². The van der Waals surface area contributed by atoms with Crippen molar-refractivity contribution in [2.75, 3.05) is 6.54 Å². The summed E-state index contributed by atoms with van der Waals surface area (Å²) in [5.41, 5.74) is 8.11. The summed E-state index contributed by atoms with van der Waals surface area (Å²) in [6.45, 7) is 0.545. The molecule has 144 valence electrons. The highest BCUT2D eigenvalue weighted by Crippen LogP contribution is 2.35. The van der Waals surface area contributed by atoms with Crippen LogP contribution >= 0.6 is 0 Å². The molecule has 0 radical (unpaired) electrons. The Kier molecular flexibility index (Phi) is 6.82. The van der Waals surface area contributed by atoms with Crippen molar-refractivity contribution in [3.05, 3.63) is 71.5 Å². The summed E-state index contributed by atoms with van der Waals surface area (Å²) in [4.78, 5) is 12.1. The van der Waals surface area contributed by atoms with Crippen LogP contribution in [0.25, 0.3) is 0 Å². The number of nitrogens with one attached hydrogen (secondary N) is 2. The Bertz CT molecular complexity index is 737. The van der Waals surface area contributed by atoms with Crippen LogP contribution in [0.15, 0.2) is 54.6 Å². The first-order chi connectivity index (χ1) is 13.1. The van der Waals surface area contributed by atoms with E-state index in [9.17, 15) is 9.18 Å². The van der Waals surface area contributed by atoms with Gasteiger partial charge in [-0.05, 0) is 55.2 Å². The molecule has 0 bridgehead atoms. The van der Waals surface area contributed by atoms with Gasteiger partial charge >= 0.3 is 6.03 Å². The maximum Gasteiger partial charge on any atom is 0.315 e. The second kappa shape index (κ2) is 9.51. The number of urea groups is 1. The molecule has 3 rings (SSSR count). The summed E-state index contributed by atoms with van der Waals surface area (Å²) in [7, 11) is 0. The molecule has 0 aromatic heterocycles. The van der Waals surface area contributed by atoms with Gasteiger partial charge in [0.1, 0.15) is 5.82 Å². The van der Waals surface area contributed by atoms with Crippen LogP contribution in [0.3, 0.4) is 0 Å². The monoisotopic (exact) mass is 369 g/mol. The highest BCUT2D eigenvalue weighted by Gasteiger charge is 2.28. The van der Waals surface area contributed by atoms with Gasteiger partial charge in [-0.1, -0.05) is 48.5 Å². The minimum Gasteiger partial charge on any atom is -0.338 e. The van der Waals surface area contributed by atoms with Crippen molar-refractivity contribution in [3.63, 3.8) is 0 Å². The third-order valence-electron chi connectivity index (χ3n) is 5.25. The smallest absolute Gasteiger partial charge is 0.315 e. The van der Waals surface area contributed by atoms with Gasteiger partial charge in [0.2, 0.25) is 0 Å². The van der Waals surface area contributed by atoms with E-state index in [4.69, 9.17) is 5.73 Å². The van der Waals surface area contributed by atoms with Crippen molar-refractivity contribution < 1.29 is 9.18 Å². The van der Waals surface area contributed by atoms with Crippen molar-refractivity contribution in [1.82, 2.24) is 10.6 Å². The molecular weight excluding hydrogens is 341 g/mol. The van der Waals surface area contributed by atoms with E-state index < -0.39 is 0 Å². The second-order valence-corrected chi connectivity index (χ2v) is 7.37. The van der Waals surface area contributed by atoms with Gasteiger partial charge in [0.05, 0.1) is 0 Å². The van der Waals surface area contributed by atoms with E-state index in [-0.39, 0.29) is 29.8 Å². The molecule has 2 amide bonds. The fraction of sp³-hybridized carbons (Fsp3) is 0.409. The Morgan fingerprint density at radius 1 is 1.11 bits per heavy atom. The standard InChI is InChI=1S/C22H28FN3O/c23-21-9-5-4-8-20(21)17-10-11-19(15-17)26-22(27)25-13-12-18(24)14-16-6-2-1-3-7-16/h1-9,17-19H,10-15,24H2,(H2,25,26,27). The molecule has 5 heteroatoms. The van der Waals surface area contributed by atoms with Crippen molar-refractivity contribution in [2.24, 2.45) is 5.73 Å². The van der Waals surface area contributed by atoms with Crippen LogP contribution in [0.4, 0.5) is 9.18 Å². The number of benzene rings is 2. The molecule has 1 fully saturated rings. The van der Waals surface area contributed by atoms with E-state index in [0.29, 0.717) is 6.54 Å². The summed E-state index contributed by atoms with van der Waals surface area (Å²) in [6.07, 6.45) is 4.08. The Labute approximate surface area is 160 Å². The van der Waals surface area contributed by atoms with E-state index >= 15 is 0 Å². The molecule has 1 aliphatic carbocycles. The number of rotatable bonds is 7. The molecule has 0 spiro atoms. The zero-order valence-electron chi connectivity index (χ0n) is 15.5. The fourth-order valence-electron chi connectivity index (χ4n) is 3.83. The molecule has 0 heterocycles. The average molecular weight is 369 g/mol. The van der Waals surface area contributed by atoms with Gasteiger partial charge in [-0.15, -0.1) is 0 Å². The van der Waals surface area contributed by atoms with Crippen LogP contribution in [-0.4, -0.2) is 24.7 Å². The number of hydrogen-bond acceptors (Lipinski definition) is 2. The Morgan fingerprint density at radius 2 is 1.85 bits per heavy atom. The molecule has 1 saturated carbocycles. The first-order valence-corrected chi connectivity index (χ1v) is 9.70. The molecule has 4 N–H and O–H groups in total. The lowest BCUT2D eigenvalue weighted by atomic mass is 9.97. The largest absolute Gasteiger partial charge is 0.338 e. The highest BCUT2D eigenvalue weighted by molar-refractivity contribution is 5.74. The van der Waals surface area contributed by atoms with Crippen LogP contribution < -0.4 is 16.4 Å². The SMILES string of the molecule is NC(CCNC(=O)NC1CCC(c2ccccc2F)C1)Cc1ccccc1. The zero-order chi connectivity index (χ0) is 19.1. The third-order valence-corrected chi connectivity index (χ3v) is 5.25. The summed E-state index contributed by atoms with van der Waals surface area (Å²) in [6, 6.07) is 17.0. The third kappa shape index (κ3) is 5.79. The second-order valence-electron chi connectivity index (χ2n) is 7.37. The summed E-state index contributed by atoms with van der Waals surface area (Å²) < 4.78 is 13.9. The molecular formula is C22H28FN3O. The van der Waals surface area contributed by atoms with Gasteiger partial charge in [-0.3, -0.25) is 0 Å². The van der Waals surface area contributed by atoms with Gasteiger partial charge < -0.3 is 16.4 Å². The Balaban J connectivity index is 1.36. The Morgan fingerprint density at radius 3 is 2.63 bits per heavy atom. The predicted molar refractivity (Wildman–Crippen MR) is 106 cm³/mol. The summed E-state index contributed by atoms with van der Waals surface area (Å²) >= 11 is 0. The number of amides is 2. The molecule has 3 unspecified atom stereocenters. The van der Waals surface area contributed by atoms with Gasteiger partial charge in [0.25, 0.3) is 0 Å². The average Bonchev–Trinajstić information content (AvgIpc) is 3.11. The summed E-state index contributed by atoms with van der Waals surface area (Å²) in [5, 5.41) is 5.90. The van der Waals surface area contributed by atoms with E-state index in [1.165, 1.54) is 11.6 Å². The van der Waals surface area contributed by atoms with E-state index in [1.54, 1.807) is 6.07 Å². The van der Waals surface area contributed by atoms with Crippen molar-refractivity contribution >= 4 is 6.03 Å². The minimum absolute atomic E-state index is 0.0182. The minimum atomic E-state index is -0.166. The maximum atomic E-state index is 13.9. The number of carbonyl (C=O) groups excluding carboxylic acids is 1. The lowest BCUT2D eigenvalue weighted by molar-refractivity contribution is 0.236. The predicted octanol–water partition coefficient (Wildman–Crippen LogP) is 3.72. The van der Waals surface area contributed by atoms with Crippen molar-refractivity contribution in [3.8, 4) is 0 Å². The number of hydrogen-bond donors (Lipinski definition) is 3. The molecule has 1 aliphatic rings. The first kappa shape index (κ1) is 19.4. The number of carbonyl (C=O) groups is 1. The zero-order valence-corrected chi connectivity index (χ0v) is 15.5. The van der Waals surface area contributed by atoms with Crippen molar-refractivity contribution in [2.45, 2.75) is 50.1 Å². The highest BCUT2D eigenvalue weighted by atomic mass is 19.1. The van der Waals surface area contributed by atoms with Gasteiger partial charge in [0.15, 0.2) is 0 Å². The number of halogens is 1. The molecule has 3 atom stereocenters. The van der Waals surface area contributed by atoms with Crippen LogP contribution in [0.1, 0.15) is 42.7 Å². The Hall–Kier alpha value is -2.40. The molecule has 4 nitrogen and oxygen atoms in total. The maximum absolute atomic E-state index is 13.9. The van der Waals surface area contributed by atoms with E-state index in [0.717, 1.165) is 37.7 Å². The normalized spacial score (nSPS) is 20.2. The number of nitrogens with two attached hydrogens (primary N) is 1. The topological polar surface area (TPSA) is 67.1 Å². The van der Waals surface area contributed by atoms with Crippen LogP contribution in [0.2, 0.25) is 0 Å². The van der Waals surface area contributed by atoms with Gasteiger partial charge in [0, 0.05) is 18.6 Å². The van der Waals surface area contributed by atoms with Crippen LogP contribution in [0.5, 0.6) is 0 Å². The summed E-state index contributed by atoms with van der Waals surface area (Å²) in [5.74, 6) is 0.0239. The molecule has 2 aromatic rings. The van der Waals surface area contributed by atoms with Gasteiger partial charge in [-0.25, -0.2) is 9.18 Å². The lowest BCUT2D eigenvalue weighted by Gasteiger charge is -2.16. The van der Waals surface area contributed by atoms with Crippen LogP contribution in [-0.2, 0) is 6.42 Å². The van der Waals surface area contributed by atoms with Crippen LogP contribution in [0, 0.1) is 5.82 Å². The molecule has 0 aliphatic heterocycles. The van der Waals surface area contributed by atoms with E-state index in [2.05, 4.69) is 22.8 Å². The molecule has 27 heavy (non-hydrogen) atoms. The van der Waals surface area contributed by atoms with E-state index in [1.807, 2.05) is 30.3 Å². The van der Waals surface area contributed by atoms with Gasteiger partial charge in [-0.2, -0.15) is 0 Å². The quantitative estimate of drug-likeness (QED) is 0.696. The molecule has 0 saturated heterocycles. The molecule has 2 aromatic carbocycles. The fourth-order valence-corrected chi connectivity index (χ4v) is 3.83.